The Balaban J connectivity index is 1.62. The molecule has 6 heteroatoms. The minimum Gasteiger partial charge on any atom is -0.481 e. The molecular formula is C36H38N2O4. The number of benzene rings is 4. The van der Waals surface area contributed by atoms with Crippen molar-refractivity contribution >= 4 is 17.8 Å². The fourth-order valence-corrected chi connectivity index (χ4v) is 5.10. The van der Waals surface area contributed by atoms with E-state index in [1.807, 2.05) is 106 Å². The van der Waals surface area contributed by atoms with Crippen LogP contribution in [0.15, 0.2) is 103 Å². The SMILES string of the molecule is Cc1ccc([C@@H](C)NC(=O)c2ccccc2-c2ccccc2C(=O)N(CCC(=O)O)C(C)CCc2ccccc2)cc1. The van der Waals surface area contributed by atoms with Crippen LogP contribution in [0.5, 0.6) is 0 Å². The summed E-state index contributed by atoms with van der Waals surface area (Å²) < 4.78 is 0. The zero-order chi connectivity index (χ0) is 30.1. The fraction of sp³-hybridized carbons (Fsp3) is 0.250. The van der Waals surface area contributed by atoms with E-state index in [2.05, 4.69) is 5.32 Å². The molecule has 1 unspecified atom stereocenters. The van der Waals surface area contributed by atoms with Crippen LogP contribution >= 0.6 is 0 Å². The first-order chi connectivity index (χ1) is 20.2. The first kappa shape index (κ1) is 30.3. The van der Waals surface area contributed by atoms with Crippen LogP contribution < -0.4 is 5.32 Å². The summed E-state index contributed by atoms with van der Waals surface area (Å²) in [4.78, 5) is 40.8. The maximum Gasteiger partial charge on any atom is 0.305 e. The van der Waals surface area contributed by atoms with Gasteiger partial charge in [0, 0.05) is 23.7 Å². The number of nitrogens with one attached hydrogen (secondary N) is 1. The van der Waals surface area contributed by atoms with E-state index in [4.69, 9.17) is 0 Å². The van der Waals surface area contributed by atoms with Gasteiger partial charge in [-0.15, -0.1) is 0 Å². The third kappa shape index (κ3) is 7.72. The zero-order valence-electron chi connectivity index (χ0n) is 24.4. The highest BCUT2D eigenvalue weighted by Crippen LogP contribution is 2.30. The largest absolute Gasteiger partial charge is 0.481 e. The highest BCUT2D eigenvalue weighted by atomic mass is 16.4. The van der Waals surface area contributed by atoms with E-state index in [0.29, 0.717) is 28.7 Å². The molecule has 6 nitrogen and oxygen atoms in total. The van der Waals surface area contributed by atoms with Gasteiger partial charge in [0.2, 0.25) is 0 Å². The number of aryl methyl sites for hydroxylation is 2. The van der Waals surface area contributed by atoms with E-state index < -0.39 is 5.97 Å². The lowest BCUT2D eigenvalue weighted by Crippen LogP contribution is -2.40. The van der Waals surface area contributed by atoms with Crippen LogP contribution in [-0.2, 0) is 11.2 Å². The molecule has 4 rings (SSSR count). The molecule has 2 amide bonds. The minimum atomic E-state index is -0.957. The number of carbonyl (C=O) groups is 3. The van der Waals surface area contributed by atoms with Gasteiger partial charge in [-0.25, -0.2) is 0 Å². The van der Waals surface area contributed by atoms with Gasteiger partial charge in [0.1, 0.15) is 0 Å². The average molecular weight is 563 g/mol. The molecule has 0 saturated carbocycles. The van der Waals surface area contributed by atoms with Crippen LogP contribution in [0, 0.1) is 6.92 Å². The van der Waals surface area contributed by atoms with E-state index in [1.54, 1.807) is 23.1 Å². The Kier molecular flexibility index (Phi) is 10.3. The van der Waals surface area contributed by atoms with E-state index in [9.17, 15) is 19.5 Å². The van der Waals surface area contributed by atoms with Gasteiger partial charge >= 0.3 is 5.97 Å². The molecule has 0 spiro atoms. The van der Waals surface area contributed by atoms with Crippen molar-refractivity contribution in [1.82, 2.24) is 10.2 Å². The molecule has 0 aliphatic carbocycles. The van der Waals surface area contributed by atoms with Gasteiger partial charge in [-0.05, 0) is 68.0 Å². The Morgan fingerprint density at radius 3 is 1.98 bits per heavy atom. The van der Waals surface area contributed by atoms with E-state index in [0.717, 1.165) is 23.1 Å². The summed E-state index contributed by atoms with van der Waals surface area (Å²) in [7, 11) is 0. The van der Waals surface area contributed by atoms with Crippen LogP contribution in [0.2, 0.25) is 0 Å². The normalized spacial score (nSPS) is 12.3. The highest BCUT2D eigenvalue weighted by molar-refractivity contribution is 6.06. The second kappa shape index (κ2) is 14.3. The van der Waals surface area contributed by atoms with Crippen molar-refractivity contribution in [3.63, 3.8) is 0 Å². The number of aliphatic carboxylic acids is 1. The van der Waals surface area contributed by atoms with Crippen molar-refractivity contribution in [2.45, 2.75) is 52.1 Å². The van der Waals surface area contributed by atoms with E-state index in [1.165, 1.54) is 0 Å². The van der Waals surface area contributed by atoms with Gasteiger partial charge in [-0.3, -0.25) is 14.4 Å². The van der Waals surface area contributed by atoms with Gasteiger partial charge in [-0.1, -0.05) is 96.6 Å². The number of carboxylic acids is 1. The van der Waals surface area contributed by atoms with Crippen LogP contribution in [0.25, 0.3) is 11.1 Å². The molecule has 0 radical (unpaired) electrons. The molecule has 0 bridgehead atoms. The van der Waals surface area contributed by atoms with Crippen LogP contribution in [0.3, 0.4) is 0 Å². The molecule has 4 aromatic rings. The van der Waals surface area contributed by atoms with Crippen molar-refractivity contribution in [3.8, 4) is 11.1 Å². The molecule has 0 saturated heterocycles. The maximum atomic E-state index is 14.1. The number of rotatable bonds is 12. The molecule has 0 aliphatic rings. The Labute approximate surface area is 248 Å². The first-order valence-electron chi connectivity index (χ1n) is 14.4. The Bertz CT molecular complexity index is 1520. The summed E-state index contributed by atoms with van der Waals surface area (Å²) in [6.45, 7) is 6.02. The van der Waals surface area contributed by atoms with Crippen molar-refractivity contribution in [3.05, 3.63) is 131 Å². The van der Waals surface area contributed by atoms with E-state index >= 15 is 0 Å². The molecule has 0 aliphatic heterocycles. The summed E-state index contributed by atoms with van der Waals surface area (Å²) in [5, 5.41) is 12.5. The lowest BCUT2D eigenvalue weighted by molar-refractivity contribution is -0.137. The summed E-state index contributed by atoms with van der Waals surface area (Å²) in [5.41, 5.74) is 5.48. The number of hydrogen-bond donors (Lipinski definition) is 2. The summed E-state index contributed by atoms with van der Waals surface area (Å²) >= 11 is 0. The summed E-state index contributed by atoms with van der Waals surface area (Å²) in [5.74, 6) is -1.45. The number of carbonyl (C=O) groups excluding carboxylic acids is 2. The summed E-state index contributed by atoms with van der Waals surface area (Å²) in [6.07, 6.45) is 1.30. The van der Waals surface area contributed by atoms with Crippen molar-refractivity contribution in [1.29, 1.82) is 0 Å². The van der Waals surface area contributed by atoms with Crippen molar-refractivity contribution in [2.75, 3.05) is 6.54 Å². The predicted molar refractivity (Wildman–Crippen MR) is 166 cm³/mol. The predicted octanol–water partition coefficient (Wildman–Crippen LogP) is 7.09. The quantitative estimate of drug-likeness (QED) is 0.193. The number of nitrogens with zero attached hydrogens (tertiary/aromatic N) is 1. The molecule has 216 valence electrons. The number of amides is 2. The summed E-state index contributed by atoms with van der Waals surface area (Å²) in [6, 6.07) is 32.2. The van der Waals surface area contributed by atoms with Gasteiger partial charge in [0.15, 0.2) is 0 Å². The monoisotopic (exact) mass is 562 g/mol. The Morgan fingerprint density at radius 1 is 0.762 bits per heavy atom. The molecule has 0 fully saturated rings. The Morgan fingerprint density at radius 2 is 1.33 bits per heavy atom. The minimum absolute atomic E-state index is 0.0919. The molecule has 2 atom stereocenters. The topological polar surface area (TPSA) is 86.7 Å². The second-order valence-corrected chi connectivity index (χ2v) is 10.7. The van der Waals surface area contributed by atoms with Gasteiger partial charge < -0.3 is 15.3 Å². The molecule has 2 N–H and O–H groups in total. The van der Waals surface area contributed by atoms with Crippen LogP contribution in [0.4, 0.5) is 0 Å². The van der Waals surface area contributed by atoms with Crippen molar-refractivity contribution in [2.24, 2.45) is 0 Å². The van der Waals surface area contributed by atoms with E-state index in [-0.39, 0.29) is 36.9 Å². The van der Waals surface area contributed by atoms with Gasteiger partial charge in [0.05, 0.1) is 12.5 Å². The van der Waals surface area contributed by atoms with Crippen LogP contribution in [-0.4, -0.2) is 40.4 Å². The second-order valence-electron chi connectivity index (χ2n) is 10.7. The van der Waals surface area contributed by atoms with Crippen molar-refractivity contribution < 1.29 is 19.5 Å². The lowest BCUT2D eigenvalue weighted by atomic mass is 9.93. The molecule has 0 aromatic heterocycles. The highest BCUT2D eigenvalue weighted by Gasteiger charge is 2.26. The lowest BCUT2D eigenvalue weighted by Gasteiger charge is -2.30. The molecule has 4 aromatic carbocycles. The third-order valence-corrected chi connectivity index (χ3v) is 7.60. The molecular weight excluding hydrogens is 524 g/mol. The Hall–Kier alpha value is -4.71. The molecule has 42 heavy (non-hydrogen) atoms. The standard InChI is InChI=1S/C36H38N2O4/c1-25-17-21-29(22-18-25)27(3)37-35(41)32-15-9-7-13-30(32)31-14-8-10-16-33(31)36(42)38(24-23-34(39)40)26(2)19-20-28-11-5-4-6-12-28/h4-18,21-22,26-27H,19-20,23-24H2,1-3H3,(H,37,41)(H,39,40)/t26?,27-/m1/s1. The maximum absolute atomic E-state index is 14.1. The molecule has 0 heterocycles. The van der Waals surface area contributed by atoms with Gasteiger partial charge in [0.25, 0.3) is 11.8 Å². The smallest absolute Gasteiger partial charge is 0.305 e. The average Bonchev–Trinajstić information content (AvgIpc) is 3.00. The fourth-order valence-electron chi connectivity index (χ4n) is 5.10. The van der Waals surface area contributed by atoms with Crippen LogP contribution in [0.1, 0.15) is 70.1 Å². The van der Waals surface area contributed by atoms with Gasteiger partial charge in [-0.2, -0.15) is 0 Å². The number of carboxylic acid groups (broad SMARTS) is 1. The number of hydrogen-bond acceptors (Lipinski definition) is 3. The first-order valence-corrected chi connectivity index (χ1v) is 14.4. The zero-order valence-corrected chi connectivity index (χ0v) is 24.4. The third-order valence-electron chi connectivity index (χ3n) is 7.60.